The number of carboxylic acids is 1. The van der Waals surface area contributed by atoms with Crippen LogP contribution in [0.25, 0.3) is 0 Å². The molecule has 1 unspecified atom stereocenters. The maximum absolute atomic E-state index is 12.9. The minimum absolute atomic E-state index is 0.00349. The lowest BCUT2D eigenvalue weighted by atomic mass is 9.63. The standard InChI is InChI=1S/C26H31NO5/c1-16(28)32-15-22(27-23(29)17-6-8-18(9-7-17)24(30)31)19-10-11-20-21(14-19)26(4,5)13-12-25(20,2)3/h6-11,14,22H,12-13,15H2,1-5H3,(H,27,29)(H,30,31). The number of amides is 1. The number of carbonyl (C=O) groups is 3. The van der Waals surface area contributed by atoms with Crippen molar-refractivity contribution in [3.63, 3.8) is 0 Å². The van der Waals surface area contributed by atoms with Crippen LogP contribution in [0.5, 0.6) is 0 Å². The number of carbonyl (C=O) groups excluding carboxylic acids is 2. The zero-order chi connectivity index (χ0) is 23.7. The van der Waals surface area contributed by atoms with Crippen molar-refractivity contribution >= 4 is 17.8 Å². The minimum atomic E-state index is -1.05. The van der Waals surface area contributed by atoms with Crippen LogP contribution < -0.4 is 5.32 Å². The van der Waals surface area contributed by atoms with E-state index in [-0.39, 0.29) is 28.9 Å². The van der Waals surface area contributed by atoms with Crippen LogP contribution in [0, 0.1) is 0 Å². The molecule has 32 heavy (non-hydrogen) atoms. The molecule has 2 N–H and O–H groups in total. The zero-order valence-electron chi connectivity index (χ0n) is 19.3. The Kier molecular flexibility index (Phi) is 6.44. The third-order valence-corrected chi connectivity index (χ3v) is 6.43. The van der Waals surface area contributed by atoms with E-state index in [4.69, 9.17) is 9.84 Å². The Morgan fingerprint density at radius 1 is 0.938 bits per heavy atom. The van der Waals surface area contributed by atoms with Gasteiger partial charge >= 0.3 is 11.9 Å². The van der Waals surface area contributed by atoms with E-state index in [0.29, 0.717) is 5.56 Å². The van der Waals surface area contributed by atoms with Gasteiger partial charge in [0.1, 0.15) is 6.61 Å². The first-order chi connectivity index (χ1) is 14.9. The van der Waals surface area contributed by atoms with Crippen LogP contribution in [0.4, 0.5) is 0 Å². The number of rotatable bonds is 6. The normalized spacial score (nSPS) is 17.0. The topological polar surface area (TPSA) is 92.7 Å². The molecule has 1 aliphatic carbocycles. The molecule has 1 aliphatic rings. The number of ether oxygens (including phenoxy) is 1. The summed E-state index contributed by atoms with van der Waals surface area (Å²) in [6.07, 6.45) is 2.17. The van der Waals surface area contributed by atoms with Crippen LogP contribution in [0.3, 0.4) is 0 Å². The highest BCUT2D eigenvalue weighted by Crippen LogP contribution is 2.46. The van der Waals surface area contributed by atoms with Gasteiger partial charge in [-0.15, -0.1) is 0 Å². The summed E-state index contributed by atoms with van der Waals surface area (Å²) in [6.45, 7) is 10.3. The van der Waals surface area contributed by atoms with E-state index < -0.39 is 18.0 Å². The van der Waals surface area contributed by atoms with Crippen LogP contribution in [0.15, 0.2) is 42.5 Å². The van der Waals surface area contributed by atoms with Gasteiger partial charge in [0.15, 0.2) is 0 Å². The molecule has 0 aliphatic heterocycles. The number of hydrogen-bond acceptors (Lipinski definition) is 4. The van der Waals surface area contributed by atoms with Gasteiger partial charge in [-0.2, -0.15) is 0 Å². The Morgan fingerprint density at radius 3 is 2.06 bits per heavy atom. The molecule has 0 bridgehead atoms. The lowest BCUT2D eigenvalue weighted by Crippen LogP contribution is -2.35. The Balaban J connectivity index is 1.93. The molecule has 2 aromatic rings. The lowest BCUT2D eigenvalue weighted by molar-refractivity contribution is -0.141. The zero-order valence-corrected chi connectivity index (χ0v) is 19.3. The van der Waals surface area contributed by atoms with Crippen LogP contribution in [-0.2, 0) is 20.4 Å². The molecule has 0 radical (unpaired) electrons. The summed E-state index contributed by atoms with van der Waals surface area (Å²) in [7, 11) is 0. The van der Waals surface area contributed by atoms with Crippen molar-refractivity contribution in [2.24, 2.45) is 0 Å². The van der Waals surface area contributed by atoms with Gasteiger partial charge in [0.2, 0.25) is 0 Å². The molecule has 6 heteroatoms. The number of esters is 1. The first-order valence-corrected chi connectivity index (χ1v) is 10.8. The van der Waals surface area contributed by atoms with Crippen molar-refractivity contribution < 1.29 is 24.2 Å². The number of fused-ring (bicyclic) bond motifs is 1. The highest BCUT2D eigenvalue weighted by Gasteiger charge is 2.37. The van der Waals surface area contributed by atoms with Gasteiger partial charge in [-0.3, -0.25) is 9.59 Å². The van der Waals surface area contributed by atoms with Gasteiger partial charge < -0.3 is 15.2 Å². The fourth-order valence-electron chi connectivity index (χ4n) is 4.25. The number of benzene rings is 2. The summed E-state index contributed by atoms with van der Waals surface area (Å²) < 4.78 is 5.25. The van der Waals surface area contributed by atoms with Crippen molar-refractivity contribution in [2.75, 3.05) is 6.61 Å². The second-order valence-corrected chi connectivity index (χ2v) is 9.78. The van der Waals surface area contributed by atoms with E-state index >= 15 is 0 Å². The molecule has 6 nitrogen and oxygen atoms in total. The van der Waals surface area contributed by atoms with Gasteiger partial charge in [0.05, 0.1) is 11.6 Å². The largest absolute Gasteiger partial charge is 0.478 e. The van der Waals surface area contributed by atoms with Crippen molar-refractivity contribution in [2.45, 2.75) is 64.3 Å². The molecule has 1 amide bonds. The van der Waals surface area contributed by atoms with E-state index in [0.717, 1.165) is 18.4 Å². The smallest absolute Gasteiger partial charge is 0.335 e. The van der Waals surface area contributed by atoms with E-state index in [1.807, 2.05) is 6.07 Å². The monoisotopic (exact) mass is 437 g/mol. The molecule has 3 rings (SSSR count). The molecule has 0 spiro atoms. The highest BCUT2D eigenvalue weighted by atomic mass is 16.5. The second kappa shape index (κ2) is 8.77. The molecular formula is C26H31NO5. The maximum Gasteiger partial charge on any atom is 0.335 e. The molecule has 0 fully saturated rings. The molecule has 0 saturated carbocycles. The van der Waals surface area contributed by atoms with Crippen LogP contribution >= 0.6 is 0 Å². The van der Waals surface area contributed by atoms with Crippen LogP contribution in [-0.4, -0.2) is 29.6 Å². The Morgan fingerprint density at radius 2 is 1.50 bits per heavy atom. The van der Waals surface area contributed by atoms with Crippen molar-refractivity contribution in [3.05, 3.63) is 70.3 Å². The number of nitrogens with one attached hydrogen (secondary N) is 1. The molecule has 1 atom stereocenters. The van der Waals surface area contributed by atoms with Crippen molar-refractivity contribution in [1.82, 2.24) is 5.32 Å². The third kappa shape index (κ3) is 5.01. The van der Waals surface area contributed by atoms with Gasteiger partial charge in [-0.1, -0.05) is 45.9 Å². The summed E-state index contributed by atoms with van der Waals surface area (Å²) >= 11 is 0. The van der Waals surface area contributed by atoms with Gasteiger partial charge in [0.25, 0.3) is 5.91 Å². The summed E-state index contributed by atoms with van der Waals surface area (Å²) in [5, 5.41) is 12.0. The molecule has 0 saturated heterocycles. The van der Waals surface area contributed by atoms with Crippen LogP contribution in [0.2, 0.25) is 0 Å². The first-order valence-electron chi connectivity index (χ1n) is 10.8. The average Bonchev–Trinajstić information content (AvgIpc) is 2.74. The van der Waals surface area contributed by atoms with E-state index in [2.05, 4.69) is 45.1 Å². The Hall–Kier alpha value is -3.15. The predicted molar refractivity (Wildman–Crippen MR) is 122 cm³/mol. The number of hydrogen-bond donors (Lipinski definition) is 2. The average molecular weight is 438 g/mol. The quantitative estimate of drug-likeness (QED) is 0.635. The number of carboxylic acid groups (broad SMARTS) is 1. The molecule has 0 aromatic heterocycles. The molecule has 0 heterocycles. The lowest BCUT2D eigenvalue weighted by Gasteiger charge is -2.42. The second-order valence-electron chi connectivity index (χ2n) is 9.78. The summed E-state index contributed by atoms with van der Waals surface area (Å²) in [5.41, 5.74) is 3.94. The Bertz CT molecular complexity index is 1040. The fraction of sp³-hybridized carbons (Fsp3) is 0.423. The van der Waals surface area contributed by atoms with Gasteiger partial charge in [0, 0.05) is 12.5 Å². The molecule has 170 valence electrons. The van der Waals surface area contributed by atoms with Crippen molar-refractivity contribution in [3.8, 4) is 0 Å². The van der Waals surface area contributed by atoms with Gasteiger partial charge in [-0.25, -0.2) is 4.79 Å². The van der Waals surface area contributed by atoms with E-state index in [9.17, 15) is 14.4 Å². The van der Waals surface area contributed by atoms with Crippen LogP contribution in [0.1, 0.15) is 90.9 Å². The maximum atomic E-state index is 12.9. The molecule has 2 aromatic carbocycles. The minimum Gasteiger partial charge on any atom is -0.478 e. The van der Waals surface area contributed by atoms with Gasteiger partial charge in [-0.05, 0) is 64.6 Å². The third-order valence-electron chi connectivity index (χ3n) is 6.43. The number of aromatic carboxylic acids is 1. The molecular weight excluding hydrogens is 406 g/mol. The SMILES string of the molecule is CC(=O)OCC(NC(=O)c1ccc(C(=O)O)cc1)c1ccc2c(c1)C(C)(C)CCC2(C)C. The Labute approximate surface area is 189 Å². The summed E-state index contributed by atoms with van der Waals surface area (Å²) in [6, 6.07) is 11.4. The highest BCUT2D eigenvalue weighted by molar-refractivity contribution is 5.96. The summed E-state index contributed by atoms with van der Waals surface area (Å²) in [4.78, 5) is 35.4. The predicted octanol–water partition coefficient (Wildman–Crippen LogP) is 4.77. The first kappa shape index (κ1) is 23.5. The van der Waals surface area contributed by atoms with E-state index in [1.54, 1.807) is 0 Å². The van der Waals surface area contributed by atoms with Crippen molar-refractivity contribution in [1.29, 1.82) is 0 Å². The fourth-order valence-corrected chi connectivity index (χ4v) is 4.25. The summed E-state index contributed by atoms with van der Waals surface area (Å²) in [5.74, 6) is -1.84. The van der Waals surface area contributed by atoms with E-state index in [1.165, 1.54) is 42.3 Å².